The van der Waals surface area contributed by atoms with Gasteiger partial charge < -0.3 is 5.73 Å². The third kappa shape index (κ3) is 1.82. The predicted octanol–water partition coefficient (Wildman–Crippen LogP) is 1.85. The number of pyridine rings is 1. The summed E-state index contributed by atoms with van der Waals surface area (Å²) in [5.74, 6) is 0. The van der Waals surface area contributed by atoms with E-state index in [1.807, 2.05) is 13.8 Å². The summed E-state index contributed by atoms with van der Waals surface area (Å²) in [4.78, 5) is 4.06. The fourth-order valence-corrected chi connectivity index (χ4v) is 1.97. The molecule has 0 spiro atoms. The van der Waals surface area contributed by atoms with Crippen molar-refractivity contribution >= 4 is 5.69 Å². The Morgan fingerprint density at radius 3 is 2.78 bits per heavy atom. The van der Waals surface area contributed by atoms with Gasteiger partial charge in [0.1, 0.15) is 11.8 Å². The van der Waals surface area contributed by atoms with E-state index in [2.05, 4.69) is 16.2 Å². The molecule has 2 aromatic heterocycles. The van der Waals surface area contributed by atoms with Gasteiger partial charge in [-0.3, -0.25) is 4.98 Å². The van der Waals surface area contributed by atoms with Crippen LogP contribution in [0.15, 0.2) is 18.5 Å². The monoisotopic (exact) mass is 241 g/mol. The minimum atomic E-state index is 0.546. The maximum atomic E-state index is 9.13. The van der Waals surface area contributed by atoms with Gasteiger partial charge in [0.2, 0.25) is 0 Å². The van der Waals surface area contributed by atoms with E-state index < -0.39 is 0 Å². The molecule has 18 heavy (non-hydrogen) atoms. The van der Waals surface area contributed by atoms with Gasteiger partial charge in [-0.2, -0.15) is 10.4 Å². The van der Waals surface area contributed by atoms with Gasteiger partial charge in [0.15, 0.2) is 0 Å². The van der Waals surface area contributed by atoms with Crippen LogP contribution in [0.5, 0.6) is 0 Å². The smallest absolute Gasteiger partial charge is 0.102 e. The molecule has 0 amide bonds. The molecular weight excluding hydrogens is 226 g/mol. The van der Waals surface area contributed by atoms with Gasteiger partial charge in [-0.1, -0.05) is 13.8 Å². The molecule has 5 nitrogen and oxygen atoms in total. The van der Waals surface area contributed by atoms with Gasteiger partial charge >= 0.3 is 0 Å². The zero-order chi connectivity index (χ0) is 13.1. The Balaban J connectivity index is 2.68. The molecule has 0 aliphatic rings. The fraction of sp³-hybridized carbons (Fsp3) is 0.308. The summed E-state index contributed by atoms with van der Waals surface area (Å²) >= 11 is 0. The predicted molar refractivity (Wildman–Crippen MR) is 69.2 cm³/mol. The Morgan fingerprint density at radius 1 is 1.39 bits per heavy atom. The van der Waals surface area contributed by atoms with E-state index in [0.29, 0.717) is 16.9 Å². The first-order valence-electron chi connectivity index (χ1n) is 5.93. The van der Waals surface area contributed by atoms with Gasteiger partial charge in [-0.25, -0.2) is 4.68 Å². The average Bonchev–Trinajstić information content (AvgIpc) is 2.74. The summed E-state index contributed by atoms with van der Waals surface area (Å²) in [6.07, 6.45) is 4.78. The highest BCUT2D eigenvalue weighted by Gasteiger charge is 2.16. The van der Waals surface area contributed by atoms with Gasteiger partial charge in [0.25, 0.3) is 0 Å². The van der Waals surface area contributed by atoms with Crippen LogP contribution in [0.4, 0.5) is 5.69 Å². The number of hydrogen-bond donors (Lipinski definition) is 1. The van der Waals surface area contributed by atoms with E-state index in [9.17, 15) is 0 Å². The summed E-state index contributed by atoms with van der Waals surface area (Å²) in [5.41, 5.74) is 9.80. The van der Waals surface area contributed by atoms with Crippen molar-refractivity contribution in [3.63, 3.8) is 0 Å². The molecule has 2 N–H and O–H groups in total. The van der Waals surface area contributed by atoms with E-state index in [1.54, 1.807) is 23.1 Å². The van der Waals surface area contributed by atoms with Crippen LogP contribution in [0.25, 0.3) is 5.69 Å². The van der Waals surface area contributed by atoms with E-state index in [0.717, 1.165) is 24.2 Å². The second-order valence-electron chi connectivity index (χ2n) is 3.93. The molecule has 2 heterocycles. The first-order valence-corrected chi connectivity index (χ1v) is 5.93. The van der Waals surface area contributed by atoms with Gasteiger partial charge in [-0.15, -0.1) is 0 Å². The highest BCUT2D eigenvalue weighted by Crippen LogP contribution is 2.23. The van der Waals surface area contributed by atoms with Crippen molar-refractivity contribution in [1.82, 2.24) is 14.8 Å². The highest BCUT2D eigenvalue weighted by atomic mass is 15.3. The standard InChI is InChI=1S/C13H15N5/c1-3-10-13(15)11(4-2)18(17-10)12-8-16-6-5-9(12)7-14/h5-6,8H,3-4,15H2,1-2H3. The number of aromatic nitrogens is 3. The third-order valence-corrected chi connectivity index (χ3v) is 2.92. The quantitative estimate of drug-likeness (QED) is 0.889. The van der Waals surface area contributed by atoms with Crippen LogP contribution in [0, 0.1) is 11.3 Å². The van der Waals surface area contributed by atoms with Crippen LogP contribution >= 0.6 is 0 Å². The minimum Gasteiger partial charge on any atom is -0.396 e. The molecular formula is C13H15N5. The summed E-state index contributed by atoms with van der Waals surface area (Å²) in [6, 6.07) is 3.83. The lowest BCUT2D eigenvalue weighted by Gasteiger charge is -2.07. The summed E-state index contributed by atoms with van der Waals surface area (Å²) in [5, 5.41) is 13.6. The van der Waals surface area contributed by atoms with Gasteiger partial charge in [-0.05, 0) is 18.9 Å². The Kier molecular flexibility index (Phi) is 3.28. The second kappa shape index (κ2) is 4.88. The van der Waals surface area contributed by atoms with Crippen molar-refractivity contribution in [2.24, 2.45) is 0 Å². The number of nitrogens with two attached hydrogens (primary N) is 1. The lowest BCUT2D eigenvalue weighted by atomic mass is 10.2. The molecule has 0 fully saturated rings. The average molecular weight is 241 g/mol. The molecule has 0 unspecified atom stereocenters. The number of anilines is 1. The summed E-state index contributed by atoms with van der Waals surface area (Å²) < 4.78 is 1.74. The van der Waals surface area contributed by atoms with Crippen LogP contribution in [-0.4, -0.2) is 14.8 Å². The Morgan fingerprint density at radius 2 is 2.17 bits per heavy atom. The Hall–Kier alpha value is -2.35. The SMILES string of the molecule is CCc1nn(-c2cnccc2C#N)c(CC)c1N. The lowest BCUT2D eigenvalue weighted by molar-refractivity contribution is 0.788. The molecule has 2 rings (SSSR count). The molecule has 0 radical (unpaired) electrons. The highest BCUT2D eigenvalue weighted by molar-refractivity contribution is 5.55. The van der Waals surface area contributed by atoms with Crippen LogP contribution in [0.3, 0.4) is 0 Å². The number of aryl methyl sites for hydroxylation is 1. The van der Waals surface area contributed by atoms with Crippen molar-refractivity contribution in [2.75, 3.05) is 5.73 Å². The molecule has 92 valence electrons. The van der Waals surface area contributed by atoms with Crippen molar-refractivity contribution in [1.29, 1.82) is 5.26 Å². The minimum absolute atomic E-state index is 0.546. The van der Waals surface area contributed by atoms with Crippen molar-refractivity contribution in [2.45, 2.75) is 26.7 Å². The zero-order valence-corrected chi connectivity index (χ0v) is 10.5. The maximum absolute atomic E-state index is 9.13. The van der Waals surface area contributed by atoms with Crippen molar-refractivity contribution < 1.29 is 0 Å². The number of nitrogen functional groups attached to an aromatic ring is 1. The first kappa shape index (κ1) is 12.1. The third-order valence-electron chi connectivity index (χ3n) is 2.92. The van der Waals surface area contributed by atoms with E-state index in [-0.39, 0.29) is 0 Å². The molecule has 0 aliphatic heterocycles. The molecule has 0 atom stereocenters. The summed E-state index contributed by atoms with van der Waals surface area (Å²) in [6.45, 7) is 4.03. The molecule has 0 bridgehead atoms. The Bertz CT molecular complexity index is 606. The maximum Gasteiger partial charge on any atom is 0.102 e. The van der Waals surface area contributed by atoms with E-state index in [1.165, 1.54) is 0 Å². The first-order chi connectivity index (χ1) is 8.72. The molecule has 2 aromatic rings. The van der Waals surface area contributed by atoms with Crippen LogP contribution < -0.4 is 5.73 Å². The normalized spacial score (nSPS) is 10.3. The van der Waals surface area contributed by atoms with Crippen LogP contribution in [0.1, 0.15) is 30.8 Å². The van der Waals surface area contributed by atoms with Gasteiger partial charge in [0.05, 0.1) is 28.8 Å². The summed E-state index contributed by atoms with van der Waals surface area (Å²) in [7, 11) is 0. The molecule has 0 saturated carbocycles. The zero-order valence-electron chi connectivity index (χ0n) is 10.5. The lowest BCUT2D eigenvalue weighted by Crippen LogP contribution is -2.05. The molecule has 0 aromatic carbocycles. The van der Waals surface area contributed by atoms with Crippen molar-refractivity contribution in [3.05, 3.63) is 35.4 Å². The molecule has 0 saturated heterocycles. The topological polar surface area (TPSA) is 80.5 Å². The van der Waals surface area contributed by atoms with Crippen LogP contribution in [-0.2, 0) is 12.8 Å². The number of hydrogen-bond acceptors (Lipinski definition) is 4. The fourth-order valence-electron chi connectivity index (χ4n) is 1.97. The molecule has 5 heteroatoms. The van der Waals surface area contributed by atoms with E-state index >= 15 is 0 Å². The largest absolute Gasteiger partial charge is 0.396 e. The van der Waals surface area contributed by atoms with Crippen LogP contribution in [0.2, 0.25) is 0 Å². The number of nitrogens with zero attached hydrogens (tertiary/aromatic N) is 4. The number of rotatable bonds is 3. The van der Waals surface area contributed by atoms with Crippen molar-refractivity contribution in [3.8, 4) is 11.8 Å². The van der Waals surface area contributed by atoms with Gasteiger partial charge in [0, 0.05) is 6.20 Å². The Labute approximate surface area is 106 Å². The second-order valence-corrected chi connectivity index (χ2v) is 3.93. The molecule has 0 aliphatic carbocycles. The van der Waals surface area contributed by atoms with E-state index in [4.69, 9.17) is 11.0 Å². The number of nitriles is 1.